The molecule has 0 unspecified atom stereocenters. The number of rotatable bonds is 2. The molecular formula is C15H11FN6S. The lowest BCUT2D eigenvalue weighted by Gasteiger charge is -1.93. The predicted octanol–water partition coefficient (Wildman–Crippen LogP) is 3.07. The molecule has 0 atom stereocenters. The van der Waals surface area contributed by atoms with E-state index in [2.05, 4.69) is 28.2 Å². The zero-order valence-electron chi connectivity index (χ0n) is 11.8. The highest BCUT2D eigenvalue weighted by atomic mass is 32.1. The maximum atomic E-state index is 13.2. The van der Waals surface area contributed by atoms with Gasteiger partial charge in [0.1, 0.15) is 10.8 Å². The van der Waals surface area contributed by atoms with E-state index >= 15 is 0 Å². The minimum absolute atomic E-state index is 0.368. The van der Waals surface area contributed by atoms with E-state index in [0.29, 0.717) is 5.56 Å². The number of nitrogens with zero attached hydrogens (tertiary/aromatic N) is 5. The van der Waals surface area contributed by atoms with Crippen LogP contribution in [0.1, 0.15) is 5.56 Å². The van der Waals surface area contributed by atoms with Gasteiger partial charge in [0, 0.05) is 24.9 Å². The topological polar surface area (TPSA) is 112 Å². The van der Waals surface area contributed by atoms with Crippen LogP contribution in [0, 0.1) is 29.5 Å². The molecule has 0 saturated carbocycles. The largest absolute Gasteiger partial charge is 0.323 e. The maximum Gasteiger partial charge on any atom is 0.142 e. The van der Waals surface area contributed by atoms with Crippen LogP contribution < -0.4 is 5.84 Å². The van der Waals surface area contributed by atoms with Crippen molar-refractivity contribution >= 4 is 27.8 Å². The molecule has 0 saturated heterocycles. The second-order valence-corrected chi connectivity index (χ2v) is 4.95. The van der Waals surface area contributed by atoms with Gasteiger partial charge < -0.3 is 5.84 Å². The lowest BCUT2D eigenvalue weighted by molar-refractivity contribution is 0.622. The van der Waals surface area contributed by atoms with Crippen molar-refractivity contribution in [3.63, 3.8) is 0 Å². The van der Waals surface area contributed by atoms with Crippen molar-refractivity contribution in [3.8, 4) is 23.7 Å². The monoisotopic (exact) mass is 326 g/mol. The van der Waals surface area contributed by atoms with Gasteiger partial charge >= 0.3 is 0 Å². The summed E-state index contributed by atoms with van der Waals surface area (Å²) in [6, 6.07) is 7.14. The molecule has 0 aliphatic carbocycles. The molecule has 8 heteroatoms. The molecule has 23 heavy (non-hydrogen) atoms. The third-order valence-electron chi connectivity index (χ3n) is 2.59. The van der Waals surface area contributed by atoms with Crippen LogP contribution >= 0.6 is 11.3 Å². The quantitative estimate of drug-likeness (QED) is 0.442. The van der Waals surface area contributed by atoms with E-state index in [1.807, 2.05) is 18.2 Å². The predicted molar refractivity (Wildman–Crippen MR) is 87.9 cm³/mol. The van der Waals surface area contributed by atoms with Crippen molar-refractivity contribution in [2.24, 2.45) is 10.9 Å². The highest BCUT2D eigenvalue weighted by molar-refractivity contribution is 7.21. The van der Waals surface area contributed by atoms with Gasteiger partial charge in [-0.1, -0.05) is 6.07 Å². The minimum Gasteiger partial charge on any atom is -0.323 e. The van der Waals surface area contributed by atoms with Crippen molar-refractivity contribution in [1.29, 1.82) is 10.5 Å². The summed E-state index contributed by atoms with van der Waals surface area (Å²) in [7, 11) is 0. The summed E-state index contributed by atoms with van der Waals surface area (Å²) in [5.41, 5.74) is 2.44. The van der Waals surface area contributed by atoms with Crippen LogP contribution in [0.4, 0.5) is 4.39 Å². The van der Waals surface area contributed by atoms with Gasteiger partial charge in [-0.25, -0.2) is 19.9 Å². The van der Waals surface area contributed by atoms with Crippen LogP contribution in [-0.4, -0.2) is 16.2 Å². The summed E-state index contributed by atoms with van der Waals surface area (Å²) in [6.07, 6.45) is 4.35. The molecule has 0 radical (unpaired) electrons. The Labute approximate surface area is 136 Å². The number of thiazole rings is 1. The molecule has 1 aromatic carbocycles. The van der Waals surface area contributed by atoms with Crippen LogP contribution in [0.3, 0.4) is 0 Å². The number of fused-ring (bicyclic) bond motifs is 1. The first kappa shape index (κ1) is 17.7. The van der Waals surface area contributed by atoms with Crippen LogP contribution in [-0.2, 0) is 0 Å². The van der Waals surface area contributed by atoms with Crippen LogP contribution in [0.5, 0.6) is 0 Å². The van der Waals surface area contributed by atoms with E-state index in [-0.39, 0.29) is 5.82 Å². The number of benzene rings is 1. The van der Waals surface area contributed by atoms with Gasteiger partial charge in [0.2, 0.25) is 0 Å². The molecule has 2 heterocycles. The summed E-state index contributed by atoms with van der Waals surface area (Å²) < 4.78 is 14.2. The number of nitrogens with two attached hydrogens (primary N) is 1. The minimum atomic E-state index is -0.368. The molecule has 6 nitrogen and oxygen atoms in total. The SMILES string of the molecule is C#N.C#N.NN=Cc1ccc2nc(-c3cncc(F)c3)sc2c1. The molecule has 0 amide bonds. The number of hydrogen-bond donors (Lipinski definition) is 1. The van der Waals surface area contributed by atoms with Gasteiger partial charge in [0.25, 0.3) is 0 Å². The van der Waals surface area contributed by atoms with E-state index in [4.69, 9.17) is 16.4 Å². The highest BCUT2D eigenvalue weighted by Crippen LogP contribution is 2.30. The van der Waals surface area contributed by atoms with Gasteiger partial charge in [-0.3, -0.25) is 4.98 Å². The third-order valence-corrected chi connectivity index (χ3v) is 3.66. The molecule has 114 valence electrons. The van der Waals surface area contributed by atoms with E-state index < -0.39 is 0 Å². The molecular weight excluding hydrogens is 315 g/mol. The third kappa shape index (κ3) is 4.30. The van der Waals surface area contributed by atoms with Gasteiger partial charge in [-0.2, -0.15) is 5.10 Å². The number of pyridine rings is 1. The lowest BCUT2D eigenvalue weighted by atomic mass is 10.2. The Bertz CT molecular complexity index is 847. The second kappa shape index (κ2) is 8.82. The maximum absolute atomic E-state index is 13.2. The molecule has 3 aromatic rings. The lowest BCUT2D eigenvalue weighted by Crippen LogP contribution is -1.85. The van der Waals surface area contributed by atoms with Crippen molar-refractivity contribution in [2.75, 3.05) is 0 Å². The summed E-state index contributed by atoms with van der Waals surface area (Å²) in [5, 5.41) is 17.2. The highest BCUT2D eigenvalue weighted by Gasteiger charge is 2.07. The Morgan fingerprint density at radius 3 is 2.57 bits per heavy atom. The Morgan fingerprint density at radius 2 is 1.91 bits per heavy atom. The van der Waals surface area contributed by atoms with Crippen molar-refractivity contribution < 1.29 is 4.39 Å². The Hall–Kier alpha value is -3.36. The number of hydrazone groups is 1. The number of hydrogen-bond acceptors (Lipinski definition) is 7. The fourth-order valence-electron chi connectivity index (χ4n) is 1.76. The molecule has 3 rings (SSSR count). The molecule has 2 N–H and O–H groups in total. The van der Waals surface area contributed by atoms with Crippen LogP contribution in [0.15, 0.2) is 41.8 Å². The number of aromatic nitrogens is 2. The standard InChI is InChI=1S/C13H9FN4S.2CHN/c14-10-4-9(6-16-7-10)13-18-11-2-1-8(5-17-15)3-12(11)19-13;2*1-2/h1-7H,15H2;2*1H. The zero-order valence-corrected chi connectivity index (χ0v) is 12.6. The Kier molecular flexibility index (Phi) is 6.79. The van der Waals surface area contributed by atoms with E-state index in [1.54, 1.807) is 12.4 Å². The molecule has 0 spiro atoms. The van der Waals surface area contributed by atoms with E-state index in [9.17, 15) is 4.39 Å². The average Bonchev–Trinajstić information content (AvgIpc) is 3.02. The first-order chi connectivity index (χ1) is 11.3. The van der Waals surface area contributed by atoms with Crippen molar-refractivity contribution in [2.45, 2.75) is 0 Å². The van der Waals surface area contributed by atoms with Gasteiger partial charge in [-0.15, -0.1) is 11.3 Å². The first-order valence-corrected chi connectivity index (χ1v) is 6.84. The van der Waals surface area contributed by atoms with Crippen LogP contribution in [0.25, 0.3) is 20.8 Å². The number of halogens is 1. The summed E-state index contributed by atoms with van der Waals surface area (Å²) in [6.45, 7) is 7.00. The van der Waals surface area contributed by atoms with E-state index in [0.717, 1.165) is 20.8 Å². The molecule has 0 aliphatic heterocycles. The van der Waals surface area contributed by atoms with Crippen molar-refractivity contribution in [3.05, 3.63) is 48.0 Å². The van der Waals surface area contributed by atoms with Gasteiger partial charge in [0.15, 0.2) is 0 Å². The van der Waals surface area contributed by atoms with Gasteiger partial charge in [-0.05, 0) is 23.8 Å². The fraction of sp³-hybridized carbons (Fsp3) is 0. The normalized spacial score (nSPS) is 9.61. The summed E-state index contributed by atoms with van der Waals surface area (Å²) in [5.74, 6) is 4.76. The zero-order chi connectivity index (χ0) is 17.2. The second-order valence-electron chi connectivity index (χ2n) is 3.92. The summed E-state index contributed by atoms with van der Waals surface area (Å²) in [4.78, 5) is 8.29. The molecule has 0 aliphatic rings. The Balaban J connectivity index is 0.000000615. The molecule has 0 bridgehead atoms. The Morgan fingerprint density at radius 1 is 1.17 bits per heavy atom. The van der Waals surface area contributed by atoms with Gasteiger partial charge in [0.05, 0.1) is 22.6 Å². The smallest absolute Gasteiger partial charge is 0.142 e. The fourth-order valence-corrected chi connectivity index (χ4v) is 2.75. The van der Waals surface area contributed by atoms with Crippen molar-refractivity contribution in [1.82, 2.24) is 9.97 Å². The van der Waals surface area contributed by atoms with E-state index in [1.165, 1.54) is 23.6 Å². The molecule has 0 fully saturated rings. The summed E-state index contributed by atoms with van der Waals surface area (Å²) >= 11 is 1.48. The van der Waals surface area contributed by atoms with Crippen LogP contribution in [0.2, 0.25) is 0 Å². The average molecular weight is 326 g/mol. The first-order valence-electron chi connectivity index (χ1n) is 6.03. The number of nitriles is 2. The molecule has 2 aromatic heterocycles.